The quantitative estimate of drug-likeness (QED) is 0.214. The van der Waals surface area contributed by atoms with Gasteiger partial charge in [0.25, 0.3) is 0 Å². The Morgan fingerprint density at radius 2 is 1.94 bits per heavy atom. The Labute approximate surface area is 235 Å². The van der Waals surface area contributed by atoms with Gasteiger partial charge in [-0.05, 0) is 42.4 Å². The van der Waals surface area contributed by atoms with Crippen molar-refractivity contribution in [3.63, 3.8) is 0 Å². The summed E-state index contributed by atoms with van der Waals surface area (Å²) in [7, 11) is 0. The summed E-state index contributed by atoms with van der Waals surface area (Å²) in [6.07, 6.45) is 7.14. The van der Waals surface area contributed by atoms with E-state index in [2.05, 4.69) is 59.7 Å². The van der Waals surface area contributed by atoms with Crippen molar-refractivity contribution in [2.24, 2.45) is 10.9 Å². The Morgan fingerprint density at radius 1 is 1.11 bits per heavy atom. The number of allylic oxidation sites excluding steroid dienone is 1. The topological polar surface area (TPSA) is 25.2 Å². The molecule has 2 nitrogen and oxygen atoms in total. The number of pyridine rings is 1. The summed E-state index contributed by atoms with van der Waals surface area (Å²) in [5, 5.41) is 2.47. The summed E-state index contributed by atoms with van der Waals surface area (Å²) in [6.45, 7) is 5.58. The Kier molecular flexibility index (Phi) is 7.45. The van der Waals surface area contributed by atoms with Crippen molar-refractivity contribution in [2.75, 3.05) is 0 Å². The van der Waals surface area contributed by atoms with Crippen molar-refractivity contribution in [1.82, 2.24) is 4.98 Å². The molecule has 2 aromatic heterocycles. The fourth-order valence-corrected chi connectivity index (χ4v) is 5.42. The second kappa shape index (κ2) is 12.0. The predicted molar refractivity (Wildman–Crippen MR) is 151 cm³/mol. The van der Waals surface area contributed by atoms with E-state index in [1.807, 2.05) is 42.6 Å². The molecule has 185 valence electrons. The molecular weight excluding hydrogens is 637 g/mol. The molecule has 6 rings (SSSR count). The van der Waals surface area contributed by atoms with Crippen LogP contribution in [-0.4, -0.2) is 10.7 Å². The van der Waals surface area contributed by atoms with Gasteiger partial charge in [0.1, 0.15) is 0 Å². The molecule has 4 aromatic rings. The monoisotopic (exact) mass is 670 g/mol. The number of nitrogens with zero attached hydrogens (tertiary/aromatic N) is 2. The number of benzene rings is 2. The van der Waals surface area contributed by atoms with E-state index in [1.165, 1.54) is 20.9 Å². The van der Waals surface area contributed by atoms with Crippen LogP contribution in [0, 0.1) is 25.3 Å². The zero-order valence-electron chi connectivity index (χ0n) is 23.6. The van der Waals surface area contributed by atoms with Gasteiger partial charge in [0.15, 0.2) is 0 Å². The maximum atomic E-state index is 8.57. The minimum atomic E-state index is -0.877. The first-order valence-corrected chi connectivity index (χ1v) is 12.6. The number of aliphatic imine (C=N–C) groups is 1. The van der Waals surface area contributed by atoms with E-state index in [9.17, 15) is 0 Å². The zero-order valence-corrected chi connectivity index (χ0v) is 23.8. The molecule has 0 saturated heterocycles. The molecule has 0 fully saturated rings. The van der Waals surface area contributed by atoms with Crippen LogP contribution >= 0.6 is 11.3 Å². The first-order valence-electron chi connectivity index (χ1n) is 13.5. The van der Waals surface area contributed by atoms with Gasteiger partial charge in [0.2, 0.25) is 0 Å². The molecule has 2 atom stereocenters. The fourth-order valence-electron chi connectivity index (χ4n) is 4.16. The van der Waals surface area contributed by atoms with E-state index < -0.39 is 18.7 Å². The van der Waals surface area contributed by atoms with Gasteiger partial charge in [0.05, 0.1) is 0 Å². The maximum absolute atomic E-state index is 8.57. The molecule has 3 heterocycles. The molecule has 2 aromatic carbocycles. The van der Waals surface area contributed by atoms with Crippen LogP contribution in [0.1, 0.15) is 42.7 Å². The van der Waals surface area contributed by atoms with Crippen LogP contribution in [0.5, 0.6) is 0 Å². The Bertz CT molecular complexity index is 1650. The summed E-state index contributed by atoms with van der Waals surface area (Å²) in [5.74, 6) is -0.877. The first-order chi connectivity index (χ1) is 18.2. The molecule has 0 amide bonds. The molecule has 1 aliphatic carbocycles. The standard InChI is InChI=1S/C20H20NS.C12H10N.Ir/c1-13(2)14-10-11-18(21-12-14)17-8-5-7-16-15-6-3-4-9-19(15)22-20(16)17;1-10-7-8-13-12(9-10)11-5-3-2-4-6-11;/h3-4,6-9,12-13H,5,10-11H2,1-2H3;2-5,7-9H,1H3;/q2*-1;/i10D,11D,13D;;. The number of rotatable bonds is 3. The number of fused-ring (bicyclic) bond motifs is 3. The van der Waals surface area contributed by atoms with Crippen molar-refractivity contribution in [1.29, 1.82) is 0 Å². The van der Waals surface area contributed by atoms with Gasteiger partial charge in [-0.3, -0.25) is 0 Å². The average molecular weight is 670 g/mol. The Hall–Kier alpha value is -2.78. The fraction of sp³-hybridized carbons (Fsp3) is 0.219. The minimum Gasteiger partial charge on any atom is -0.325 e. The smallest absolute Gasteiger partial charge is 0.0344 e. The van der Waals surface area contributed by atoms with E-state index in [4.69, 9.17) is 4.11 Å². The van der Waals surface area contributed by atoms with Crippen LogP contribution in [0.2, 0.25) is 0 Å². The third kappa shape index (κ3) is 5.78. The molecule has 4 heteroatoms. The molecule has 0 bridgehead atoms. The third-order valence-corrected chi connectivity index (χ3v) is 7.26. The van der Waals surface area contributed by atoms with Gasteiger partial charge in [-0.15, -0.1) is 35.9 Å². The van der Waals surface area contributed by atoms with Gasteiger partial charge < -0.3 is 9.98 Å². The van der Waals surface area contributed by atoms with E-state index in [0.29, 0.717) is 11.3 Å². The van der Waals surface area contributed by atoms with Crippen LogP contribution in [0.4, 0.5) is 0 Å². The number of thiophene rings is 1. The molecule has 1 aliphatic heterocycles. The average Bonchev–Trinajstić information content (AvgIpc) is 3.30. The van der Waals surface area contributed by atoms with Gasteiger partial charge in [-0.2, -0.15) is 12.0 Å². The largest absolute Gasteiger partial charge is 0.325 e. The van der Waals surface area contributed by atoms with E-state index in [1.54, 1.807) is 31.4 Å². The van der Waals surface area contributed by atoms with Crippen LogP contribution in [0.25, 0.3) is 33.0 Å². The second-order valence-corrected chi connectivity index (χ2v) is 9.88. The van der Waals surface area contributed by atoms with Crippen LogP contribution < -0.4 is 9.75 Å². The van der Waals surface area contributed by atoms with Crippen molar-refractivity contribution in [3.05, 3.63) is 106 Å². The normalized spacial score (nSPS) is 20.0. The molecular formula is C32H30IrN2S-2. The van der Waals surface area contributed by atoms with Crippen molar-refractivity contribution in [2.45, 2.75) is 40.0 Å². The van der Waals surface area contributed by atoms with Crippen molar-refractivity contribution >= 4 is 38.8 Å². The number of hydrogen-bond donors (Lipinski definition) is 0. The first kappa shape index (κ1) is 22.4. The number of aryl methyl sites for hydroxylation is 1. The Morgan fingerprint density at radius 3 is 2.72 bits per heavy atom. The van der Waals surface area contributed by atoms with Crippen LogP contribution in [0.3, 0.4) is 0 Å². The van der Waals surface area contributed by atoms with Gasteiger partial charge in [-0.1, -0.05) is 83.6 Å². The molecule has 2 unspecified atom stereocenters. The maximum Gasteiger partial charge on any atom is 0.0344 e. The van der Waals surface area contributed by atoms with Gasteiger partial charge in [-0.25, -0.2) is 11.3 Å². The van der Waals surface area contributed by atoms with Gasteiger partial charge >= 0.3 is 0 Å². The number of hydrogen-bond acceptors (Lipinski definition) is 3. The van der Waals surface area contributed by atoms with E-state index in [-0.39, 0.29) is 20.1 Å². The molecule has 2 aliphatic rings. The number of aromatic nitrogens is 1. The molecule has 0 N–H and O–H groups in total. The Balaban J connectivity index is 0.000000213. The minimum absolute atomic E-state index is 0. The van der Waals surface area contributed by atoms with E-state index >= 15 is 0 Å². The molecule has 0 saturated carbocycles. The summed E-state index contributed by atoms with van der Waals surface area (Å²) in [5.41, 5.74) is 5.52. The SMILES string of the molecule is Cc1ccnc(-c2[c-]cccc2)c1.[2H]C1C(C([2H])(C)C)=CN=C(C2=c3sc4ccccc4c3=CC[CH-]2)C1[2H].[Ir]. The molecule has 36 heavy (non-hydrogen) atoms. The second-order valence-electron chi connectivity index (χ2n) is 8.83. The summed E-state index contributed by atoms with van der Waals surface area (Å²) in [6, 6.07) is 23.4. The van der Waals surface area contributed by atoms with Gasteiger partial charge in [0, 0.05) is 41.3 Å². The zero-order chi connectivity index (χ0) is 26.9. The summed E-state index contributed by atoms with van der Waals surface area (Å²) < 4.78 is 27.6. The summed E-state index contributed by atoms with van der Waals surface area (Å²) in [4.78, 5) is 8.83. The van der Waals surface area contributed by atoms with Crippen molar-refractivity contribution in [3.8, 4) is 11.3 Å². The summed E-state index contributed by atoms with van der Waals surface area (Å²) >= 11 is 1.73. The molecule has 1 radical (unpaired) electrons. The molecule has 0 spiro atoms. The third-order valence-electron chi connectivity index (χ3n) is 6.04. The van der Waals surface area contributed by atoms with Crippen molar-refractivity contribution < 1.29 is 24.2 Å². The predicted octanol–water partition coefficient (Wildman–Crippen LogP) is 7.07. The van der Waals surface area contributed by atoms with E-state index in [0.717, 1.165) is 27.8 Å². The van der Waals surface area contributed by atoms with Crippen LogP contribution in [-0.2, 0) is 20.1 Å². The van der Waals surface area contributed by atoms with Crippen LogP contribution in [0.15, 0.2) is 83.6 Å².